The summed E-state index contributed by atoms with van der Waals surface area (Å²) in [6.45, 7) is 4.64. The third kappa shape index (κ3) is 4.09. The summed E-state index contributed by atoms with van der Waals surface area (Å²) >= 11 is 0. The van der Waals surface area contributed by atoms with Gasteiger partial charge in [0.25, 0.3) is 0 Å². The molecule has 0 fully saturated rings. The molecule has 1 atom stereocenters. The Bertz CT molecular complexity index is 41.8. The van der Waals surface area contributed by atoms with Crippen molar-refractivity contribution >= 4 is 0 Å². The van der Waals surface area contributed by atoms with E-state index < -0.39 is 0 Å². The summed E-state index contributed by atoms with van der Waals surface area (Å²) in [7, 11) is 0. The molecule has 1 unspecified atom stereocenters. The molecular formula is C6H13NO. The fraction of sp³-hybridized carbons (Fsp3) is 1.00. The van der Waals surface area contributed by atoms with Crippen molar-refractivity contribution < 1.29 is 5.21 Å². The molecule has 0 saturated carbocycles. The predicted molar refractivity (Wildman–Crippen MR) is 31.8 cm³/mol. The quantitative estimate of drug-likeness (QED) is 0.496. The second kappa shape index (κ2) is 5.06. The van der Waals surface area contributed by atoms with Crippen LogP contribution in [0.2, 0.25) is 0 Å². The molecule has 8 heavy (non-hydrogen) atoms. The SMILES string of the molecule is CCCC(C)C[N][O]. The zero-order valence-electron chi connectivity index (χ0n) is 5.55. The average Bonchev–Trinajstić information content (AvgIpc) is 1.68. The first-order valence-electron chi connectivity index (χ1n) is 3.10. The molecule has 48 valence electrons. The first kappa shape index (κ1) is 7.92. The molecule has 0 aromatic carbocycles. The van der Waals surface area contributed by atoms with Crippen LogP contribution in [0.15, 0.2) is 0 Å². The van der Waals surface area contributed by atoms with Crippen molar-refractivity contribution in [1.82, 2.24) is 5.48 Å². The first-order chi connectivity index (χ1) is 3.81. The fourth-order valence-electron chi connectivity index (χ4n) is 0.711. The fourth-order valence-corrected chi connectivity index (χ4v) is 0.711. The highest BCUT2D eigenvalue weighted by atomic mass is 16.5. The van der Waals surface area contributed by atoms with Gasteiger partial charge in [0.1, 0.15) is 0 Å². The van der Waals surface area contributed by atoms with E-state index in [0.717, 1.165) is 12.8 Å². The van der Waals surface area contributed by atoms with Crippen LogP contribution in [0, 0.1) is 5.92 Å². The standard InChI is InChI=1S/C6H13NO/c1-3-4-6(2)5-7-8/h6H,3-5H2,1-2H3. The minimum absolute atomic E-state index is 0.480. The molecular weight excluding hydrogens is 102 g/mol. The van der Waals surface area contributed by atoms with Crippen LogP contribution in [-0.4, -0.2) is 6.54 Å². The summed E-state index contributed by atoms with van der Waals surface area (Å²) in [5, 5.41) is 9.64. The number of hydroxylamine groups is 1. The summed E-state index contributed by atoms with van der Waals surface area (Å²) in [5.41, 5.74) is 2.80. The number of hydrogen-bond donors (Lipinski definition) is 0. The maximum Gasteiger partial charge on any atom is 0.0485 e. The molecule has 0 aromatic heterocycles. The Labute approximate surface area is 50.9 Å². The number of rotatable bonds is 4. The van der Waals surface area contributed by atoms with Gasteiger partial charge in [-0.25, -0.2) is 0 Å². The van der Waals surface area contributed by atoms with E-state index in [1.165, 1.54) is 0 Å². The van der Waals surface area contributed by atoms with Crippen molar-refractivity contribution in [3.8, 4) is 0 Å². The molecule has 0 heterocycles. The van der Waals surface area contributed by atoms with Gasteiger partial charge in [-0.2, -0.15) is 0 Å². The lowest BCUT2D eigenvalue weighted by molar-refractivity contribution is 0.0551. The molecule has 0 aromatic rings. The molecule has 2 heteroatoms. The molecule has 0 aliphatic rings. The molecule has 0 spiro atoms. The van der Waals surface area contributed by atoms with Gasteiger partial charge in [-0.3, -0.25) is 0 Å². The van der Waals surface area contributed by atoms with Crippen molar-refractivity contribution in [1.29, 1.82) is 0 Å². The summed E-state index contributed by atoms with van der Waals surface area (Å²) in [6, 6.07) is 0. The van der Waals surface area contributed by atoms with E-state index in [0.29, 0.717) is 12.5 Å². The Balaban J connectivity index is 2.92. The molecule has 0 aliphatic carbocycles. The highest BCUT2D eigenvalue weighted by Crippen LogP contribution is 2.02. The van der Waals surface area contributed by atoms with Gasteiger partial charge < -0.3 is 0 Å². The number of hydrogen-bond acceptors (Lipinski definition) is 0. The van der Waals surface area contributed by atoms with Crippen LogP contribution in [0.4, 0.5) is 0 Å². The topological polar surface area (TPSA) is 34.0 Å². The Morgan fingerprint density at radius 2 is 2.25 bits per heavy atom. The van der Waals surface area contributed by atoms with E-state index in [1.807, 2.05) is 6.92 Å². The summed E-state index contributed by atoms with van der Waals surface area (Å²) < 4.78 is 0. The summed E-state index contributed by atoms with van der Waals surface area (Å²) in [5.74, 6) is 0.484. The second-order valence-corrected chi connectivity index (χ2v) is 2.21. The highest BCUT2D eigenvalue weighted by Gasteiger charge is 1.98. The minimum atomic E-state index is 0.480. The number of nitrogens with zero attached hydrogens (tertiary/aromatic N) is 1. The van der Waals surface area contributed by atoms with Crippen LogP contribution in [0.5, 0.6) is 0 Å². The maximum absolute atomic E-state index is 9.64. The molecule has 0 amide bonds. The van der Waals surface area contributed by atoms with Crippen LogP contribution in [-0.2, 0) is 5.21 Å². The predicted octanol–water partition coefficient (Wildman–Crippen LogP) is 1.37. The van der Waals surface area contributed by atoms with Crippen LogP contribution in [0.1, 0.15) is 26.7 Å². The van der Waals surface area contributed by atoms with Crippen molar-refractivity contribution in [2.24, 2.45) is 5.92 Å². The van der Waals surface area contributed by atoms with Crippen molar-refractivity contribution in [3.05, 3.63) is 0 Å². The first-order valence-corrected chi connectivity index (χ1v) is 3.10. The summed E-state index contributed by atoms with van der Waals surface area (Å²) in [6.07, 6.45) is 2.27. The van der Waals surface area contributed by atoms with E-state index >= 15 is 0 Å². The molecule has 0 bridgehead atoms. The van der Waals surface area contributed by atoms with E-state index in [1.54, 1.807) is 0 Å². The van der Waals surface area contributed by atoms with Crippen LogP contribution in [0.3, 0.4) is 0 Å². The van der Waals surface area contributed by atoms with Gasteiger partial charge in [0.15, 0.2) is 0 Å². The van der Waals surface area contributed by atoms with Crippen molar-refractivity contribution in [2.75, 3.05) is 6.54 Å². The lowest BCUT2D eigenvalue weighted by Crippen LogP contribution is -2.08. The largest absolute Gasteiger partial charge is 0.102 e. The Hall–Kier alpha value is -0.0800. The van der Waals surface area contributed by atoms with E-state index in [-0.39, 0.29) is 0 Å². The molecule has 2 radical (unpaired) electrons. The lowest BCUT2D eigenvalue weighted by atomic mass is 10.1. The van der Waals surface area contributed by atoms with Crippen LogP contribution >= 0.6 is 0 Å². The maximum atomic E-state index is 9.64. The monoisotopic (exact) mass is 115 g/mol. The molecule has 0 aliphatic heterocycles. The Kier molecular flexibility index (Phi) is 5.01. The van der Waals surface area contributed by atoms with E-state index in [9.17, 15) is 5.21 Å². The van der Waals surface area contributed by atoms with E-state index in [2.05, 4.69) is 12.4 Å². The summed E-state index contributed by atoms with van der Waals surface area (Å²) in [4.78, 5) is 0. The van der Waals surface area contributed by atoms with Gasteiger partial charge in [0, 0.05) is 6.54 Å². The third-order valence-electron chi connectivity index (χ3n) is 1.17. The molecule has 0 rings (SSSR count). The molecule has 2 nitrogen and oxygen atoms in total. The van der Waals surface area contributed by atoms with Gasteiger partial charge in [-0.1, -0.05) is 25.7 Å². The van der Waals surface area contributed by atoms with Gasteiger partial charge in [0.2, 0.25) is 0 Å². The second-order valence-electron chi connectivity index (χ2n) is 2.21. The lowest BCUT2D eigenvalue weighted by Gasteiger charge is -2.03. The smallest absolute Gasteiger partial charge is 0.0485 e. The zero-order valence-corrected chi connectivity index (χ0v) is 5.55. The molecule has 0 saturated heterocycles. The zero-order chi connectivity index (χ0) is 6.41. The van der Waals surface area contributed by atoms with Crippen molar-refractivity contribution in [2.45, 2.75) is 26.7 Å². The Morgan fingerprint density at radius 1 is 1.62 bits per heavy atom. The van der Waals surface area contributed by atoms with Gasteiger partial charge in [-0.05, 0) is 12.3 Å². The highest BCUT2D eigenvalue weighted by molar-refractivity contribution is 4.49. The third-order valence-corrected chi connectivity index (χ3v) is 1.17. The van der Waals surface area contributed by atoms with Gasteiger partial charge in [0.05, 0.1) is 0 Å². The van der Waals surface area contributed by atoms with Gasteiger partial charge in [-0.15, -0.1) is 5.21 Å². The van der Waals surface area contributed by atoms with Gasteiger partial charge >= 0.3 is 0 Å². The van der Waals surface area contributed by atoms with Crippen LogP contribution in [0.25, 0.3) is 0 Å². The Morgan fingerprint density at radius 3 is 2.62 bits per heavy atom. The minimum Gasteiger partial charge on any atom is -0.102 e. The van der Waals surface area contributed by atoms with E-state index in [4.69, 9.17) is 0 Å². The van der Waals surface area contributed by atoms with Crippen molar-refractivity contribution in [3.63, 3.8) is 0 Å². The van der Waals surface area contributed by atoms with Crippen LogP contribution < -0.4 is 5.48 Å². The normalized spacial score (nSPS) is 13.9. The average molecular weight is 115 g/mol. The molecule has 0 N–H and O–H groups in total.